The second kappa shape index (κ2) is 5.22. The average molecular weight is 273 g/mol. The van der Waals surface area contributed by atoms with Gasteiger partial charge in [0.1, 0.15) is 0 Å². The lowest BCUT2D eigenvalue weighted by Gasteiger charge is -2.21. The lowest BCUT2D eigenvalue weighted by atomic mass is 9.88. The van der Waals surface area contributed by atoms with Crippen molar-refractivity contribution in [2.45, 2.75) is 25.2 Å². The summed E-state index contributed by atoms with van der Waals surface area (Å²) < 4.78 is 0. The van der Waals surface area contributed by atoms with Crippen molar-refractivity contribution in [1.82, 2.24) is 0 Å². The van der Waals surface area contributed by atoms with E-state index >= 15 is 0 Å². The molecule has 0 aliphatic rings. The first-order valence-electron chi connectivity index (χ1n) is 4.76. The molecule has 0 nitrogen and oxygen atoms in total. The van der Waals surface area contributed by atoms with E-state index in [2.05, 4.69) is 60.3 Å². The van der Waals surface area contributed by atoms with Gasteiger partial charge in [0.25, 0.3) is 0 Å². The zero-order chi connectivity index (χ0) is 10.6. The largest absolute Gasteiger partial charge is 0.130 e. The summed E-state index contributed by atoms with van der Waals surface area (Å²) in [6.07, 6.45) is 3.24. The van der Waals surface area contributed by atoms with Crippen LogP contribution in [0.1, 0.15) is 19.4 Å². The van der Waals surface area contributed by atoms with Crippen LogP contribution in [0.4, 0.5) is 0 Å². The number of benzene rings is 1. The maximum atomic E-state index is 3.55. The predicted octanol–water partition coefficient (Wildman–Crippen LogP) is 4.37. The van der Waals surface area contributed by atoms with Crippen LogP contribution in [-0.2, 0) is 6.42 Å². The molecule has 0 bridgehead atoms. The molecule has 0 spiro atoms. The van der Waals surface area contributed by atoms with Crippen LogP contribution in [0, 0.1) is 5.41 Å². The highest BCUT2D eigenvalue weighted by Crippen LogP contribution is 2.25. The van der Waals surface area contributed by atoms with Crippen molar-refractivity contribution in [3.8, 4) is 0 Å². The molecular formula is C12H17BrS. The Bertz CT molecular complexity index is 277. The maximum Gasteiger partial charge on any atom is 0.00858 e. The van der Waals surface area contributed by atoms with Crippen LogP contribution in [0.2, 0.25) is 0 Å². The van der Waals surface area contributed by atoms with Gasteiger partial charge in [-0.1, -0.05) is 41.9 Å². The van der Waals surface area contributed by atoms with E-state index in [1.807, 2.05) is 0 Å². The monoisotopic (exact) mass is 272 g/mol. The summed E-state index contributed by atoms with van der Waals surface area (Å²) in [6, 6.07) is 8.86. The summed E-state index contributed by atoms with van der Waals surface area (Å²) in [5.41, 5.74) is 1.77. The topological polar surface area (TPSA) is 0 Å². The molecule has 1 rings (SSSR count). The molecule has 0 aromatic heterocycles. The minimum absolute atomic E-state index is 0.348. The highest BCUT2D eigenvalue weighted by molar-refractivity contribution is 9.09. The molecule has 14 heavy (non-hydrogen) atoms. The van der Waals surface area contributed by atoms with Crippen LogP contribution < -0.4 is 0 Å². The molecule has 1 aromatic carbocycles. The highest BCUT2D eigenvalue weighted by Gasteiger charge is 2.16. The number of hydrogen-bond acceptors (Lipinski definition) is 1. The van der Waals surface area contributed by atoms with Crippen LogP contribution in [0.25, 0.3) is 0 Å². The molecule has 0 saturated heterocycles. The Balaban J connectivity index is 2.69. The normalized spacial score (nSPS) is 11.7. The van der Waals surface area contributed by atoms with E-state index in [0.717, 1.165) is 11.8 Å². The fourth-order valence-corrected chi connectivity index (χ4v) is 1.95. The second-order valence-electron chi connectivity index (χ2n) is 4.32. The van der Waals surface area contributed by atoms with Gasteiger partial charge in [0.05, 0.1) is 0 Å². The Hall–Kier alpha value is 0.0500. The van der Waals surface area contributed by atoms with Gasteiger partial charge in [-0.25, -0.2) is 0 Å². The molecule has 0 unspecified atom stereocenters. The van der Waals surface area contributed by atoms with Crippen LogP contribution in [0.3, 0.4) is 0 Å². The Kier molecular flexibility index (Phi) is 4.52. The van der Waals surface area contributed by atoms with E-state index in [1.54, 1.807) is 11.8 Å². The molecule has 0 N–H and O–H groups in total. The lowest BCUT2D eigenvalue weighted by Crippen LogP contribution is -2.16. The first-order valence-corrected chi connectivity index (χ1v) is 7.11. The van der Waals surface area contributed by atoms with Crippen molar-refractivity contribution < 1.29 is 0 Å². The molecule has 2 heteroatoms. The molecule has 0 heterocycles. The standard InChI is InChI=1S/C12H17BrS/c1-12(2,9-13)8-10-4-6-11(14-3)7-5-10/h4-7H,8-9H2,1-3H3. The molecule has 0 aliphatic carbocycles. The first kappa shape index (κ1) is 12.1. The van der Waals surface area contributed by atoms with Gasteiger partial charge in [0.2, 0.25) is 0 Å². The van der Waals surface area contributed by atoms with E-state index in [1.165, 1.54) is 10.5 Å². The van der Waals surface area contributed by atoms with Crippen molar-refractivity contribution in [2.75, 3.05) is 11.6 Å². The zero-order valence-electron chi connectivity index (χ0n) is 9.01. The minimum atomic E-state index is 0.348. The van der Waals surface area contributed by atoms with Gasteiger partial charge in [0, 0.05) is 10.2 Å². The third-order valence-corrected chi connectivity index (χ3v) is 4.47. The van der Waals surface area contributed by atoms with Gasteiger partial charge in [-0.2, -0.15) is 0 Å². The lowest BCUT2D eigenvalue weighted by molar-refractivity contribution is 0.425. The van der Waals surface area contributed by atoms with Crippen LogP contribution in [0.5, 0.6) is 0 Å². The highest BCUT2D eigenvalue weighted by atomic mass is 79.9. The van der Waals surface area contributed by atoms with Crippen molar-refractivity contribution in [3.63, 3.8) is 0 Å². The summed E-state index contributed by atoms with van der Waals surface area (Å²) >= 11 is 5.34. The number of rotatable bonds is 4. The van der Waals surface area contributed by atoms with Crippen molar-refractivity contribution >= 4 is 27.7 Å². The molecule has 0 saturated carbocycles. The Morgan fingerprint density at radius 1 is 1.21 bits per heavy atom. The summed E-state index contributed by atoms with van der Waals surface area (Å²) in [4.78, 5) is 1.34. The predicted molar refractivity (Wildman–Crippen MR) is 69.5 cm³/mol. The van der Waals surface area contributed by atoms with Crippen LogP contribution in [0.15, 0.2) is 29.2 Å². The van der Waals surface area contributed by atoms with Gasteiger partial charge in [-0.3, -0.25) is 0 Å². The van der Waals surface area contributed by atoms with Gasteiger partial charge >= 0.3 is 0 Å². The number of hydrogen-bond donors (Lipinski definition) is 0. The zero-order valence-corrected chi connectivity index (χ0v) is 11.4. The van der Waals surface area contributed by atoms with Crippen molar-refractivity contribution in [1.29, 1.82) is 0 Å². The minimum Gasteiger partial charge on any atom is -0.130 e. The quantitative estimate of drug-likeness (QED) is 0.579. The molecule has 0 amide bonds. The molecule has 0 radical (unpaired) electrons. The summed E-state index contributed by atoms with van der Waals surface area (Å²) in [7, 11) is 0. The van der Waals surface area contributed by atoms with Gasteiger partial charge in [-0.05, 0) is 35.8 Å². The molecule has 1 aromatic rings. The van der Waals surface area contributed by atoms with E-state index in [9.17, 15) is 0 Å². The van der Waals surface area contributed by atoms with Gasteiger partial charge in [0.15, 0.2) is 0 Å². The SMILES string of the molecule is CSc1ccc(CC(C)(C)CBr)cc1. The van der Waals surface area contributed by atoms with E-state index in [4.69, 9.17) is 0 Å². The fraction of sp³-hybridized carbons (Fsp3) is 0.500. The number of halogens is 1. The maximum absolute atomic E-state index is 3.55. The van der Waals surface area contributed by atoms with Crippen molar-refractivity contribution in [2.24, 2.45) is 5.41 Å². The smallest absolute Gasteiger partial charge is 0.00858 e. The van der Waals surface area contributed by atoms with E-state index in [-0.39, 0.29) is 0 Å². The number of thioether (sulfide) groups is 1. The Morgan fingerprint density at radius 3 is 2.21 bits per heavy atom. The average Bonchev–Trinajstić information content (AvgIpc) is 2.19. The molecule has 78 valence electrons. The molecule has 0 aliphatic heterocycles. The summed E-state index contributed by atoms with van der Waals surface area (Å²) in [5, 5.41) is 1.05. The fourth-order valence-electron chi connectivity index (χ4n) is 1.34. The molecule has 0 fully saturated rings. The molecular weight excluding hydrogens is 256 g/mol. The number of alkyl halides is 1. The third-order valence-electron chi connectivity index (χ3n) is 2.20. The van der Waals surface area contributed by atoms with Crippen molar-refractivity contribution in [3.05, 3.63) is 29.8 Å². The second-order valence-corrected chi connectivity index (χ2v) is 5.76. The van der Waals surface area contributed by atoms with E-state index < -0.39 is 0 Å². The van der Waals surface area contributed by atoms with Gasteiger partial charge < -0.3 is 0 Å². The molecule has 0 atom stereocenters. The van der Waals surface area contributed by atoms with Crippen LogP contribution in [-0.4, -0.2) is 11.6 Å². The van der Waals surface area contributed by atoms with Gasteiger partial charge in [-0.15, -0.1) is 11.8 Å². The summed E-state index contributed by atoms with van der Waals surface area (Å²) in [6.45, 7) is 4.56. The first-order chi connectivity index (χ1) is 6.57. The van der Waals surface area contributed by atoms with E-state index in [0.29, 0.717) is 5.41 Å². The Labute approximate surface area is 99.6 Å². The Morgan fingerprint density at radius 2 is 1.79 bits per heavy atom. The van der Waals surface area contributed by atoms with Crippen LogP contribution >= 0.6 is 27.7 Å². The summed E-state index contributed by atoms with van der Waals surface area (Å²) in [5.74, 6) is 0. The third kappa shape index (κ3) is 3.66.